The van der Waals surface area contributed by atoms with Crippen LogP contribution in [-0.4, -0.2) is 29.7 Å². The summed E-state index contributed by atoms with van der Waals surface area (Å²) in [5.41, 5.74) is 0. The van der Waals surface area contributed by atoms with Gasteiger partial charge in [-0.1, -0.05) is 6.08 Å². The van der Waals surface area contributed by atoms with Crippen LogP contribution in [0.4, 0.5) is 0 Å². The van der Waals surface area contributed by atoms with E-state index >= 15 is 0 Å². The number of nitrogens with zero attached hydrogens (tertiary/aromatic N) is 1. The molecule has 0 heterocycles. The Kier molecular flexibility index (Phi) is 4.48. The molecule has 0 saturated carbocycles. The molecule has 0 aliphatic heterocycles. The number of alkyl halides is 1. The van der Waals surface area contributed by atoms with Crippen LogP contribution in [0.2, 0.25) is 0 Å². The molecule has 0 aromatic carbocycles. The van der Waals surface area contributed by atoms with Gasteiger partial charge in [0, 0.05) is 6.42 Å². The van der Waals surface area contributed by atoms with Crippen LogP contribution in [0.5, 0.6) is 0 Å². The first kappa shape index (κ1) is 9.43. The maximum absolute atomic E-state index is 3.69. The van der Waals surface area contributed by atoms with Gasteiger partial charge in [0.25, 0.3) is 0 Å². The predicted molar refractivity (Wildman–Crippen MR) is 50.7 cm³/mol. The number of quaternary nitrogens is 1. The zero-order valence-electron chi connectivity index (χ0n) is 6.23. The molecular weight excluding hydrogens is 225 g/mol. The molecule has 9 heavy (non-hydrogen) atoms. The summed E-state index contributed by atoms with van der Waals surface area (Å²) in [7, 11) is 4.46. The van der Waals surface area contributed by atoms with Crippen molar-refractivity contribution in [1.29, 1.82) is 0 Å². The SMILES string of the molecule is C=CCC[N+](C)(C)CI. The molecule has 0 N–H and O–H groups in total. The lowest BCUT2D eigenvalue weighted by Gasteiger charge is -2.26. The molecule has 0 spiro atoms. The van der Waals surface area contributed by atoms with Crippen molar-refractivity contribution in [3.05, 3.63) is 12.7 Å². The minimum Gasteiger partial charge on any atom is -0.320 e. The zero-order chi connectivity index (χ0) is 7.33. The molecule has 0 aliphatic rings. The molecule has 0 rings (SSSR count). The van der Waals surface area contributed by atoms with Crippen LogP contribution in [-0.2, 0) is 0 Å². The van der Waals surface area contributed by atoms with E-state index in [1.165, 1.54) is 11.1 Å². The summed E-state index contributed by atoms with van der Waals surface area (Å²) in [6.07, 6.45) is 3.10. The second-order valence-corrected chi connectivity index (χ2v) is 3.54. The molecular formula is C7H15IN+. The largest absolute Gasteiger partial charge is 0.320 e. The highest BCUT2D eigenvalue weighted by molar-refractivity contribution is 14.1. The first-order valence-corrected chi connectivity index (χ1v) is 4.64. The Balaban J connectivity index is 3.44. The quantitative estimate of drug-likeness (QED) is 0.232. The van der Waals surface area contributed by atoms with Gasteiger partial charge in [-0.05, 0) is 22.6 Å². The first-order chi connectivity index (χ1) is 4.12. The van der Waals surface area contributed by atoms with Crippen molar-refractivity contribution in [2.75, 3.05) is 25.2 Å². The van der Waals surface area contributed by atoms with Crippen LogP contribution >= 0.6 is 22.6 Å². The lowest BCUT2D eigenvalue weighted by atomic mass is 10.4. The molecule has 0 aromatic heterocycles. The van der Waals surface area contributed by atoms with Gasteiger partial charge < -0.3 is 4.48 Å². The fraction of sp³-hybridized carbons (Fsp3) is 0.714. The third-order valence-corrected chi connectivity index (χ3v) is 3.11. The summed E-state index contributed by atoms with van der Waals surface area (Å²) in [6, 6.07) is 0. The topological polar surface area (TPSA) is 0 Å². The fourth-order valence-electron chi connectivity index (χ4n) is 0.501. The van der Waals surface area contributed by atoms with Crippen molar-refractivity contribution in [1.82, 2.24) is 0 Å². The van der Waals surface area contributed by atoms with Gasteiger partial charge in [-0.2, -0.15) is 0 Å². The summed E-state index contributed by atoms with van der Waals surface area (Å²) in [4.78, 5) is 0. The van der Waals surface area contributed by atoms with Gasteiger partial charge in [-0.15, -0.1) is 6.58 Å². The summed E-state index contributed by atoms with van der Waals surface area (Å²) in [5.74, 6) is 0. The van der Waals surface area contributed by atoms with Gasteiger partial charge in [-0.3, -0.25) is 0 Å². The minimum absolute atomic E-state index is 1.09. The predicted octanol–water partition coefficient (Wildman–Crippen LogP) is 2.03. The Morgan fingerprint density at radius 3 is 2.44 bits per heavy atom. The second kappa shape index (κ2) is 4.28. The lowest BCUT2D eigenvalue weighted by Crippen LogP contribution is -2.38. The molecule has 0 radical (unpaired) electrons. The third-order valence-electron chi connectivity index (χ3n) is 1.26. The molecule has 0 amide bonds. The molecule has 0 aliphatic carbocycles. The van der Waals surface area contributed by atoms with Crippen LogP contribution in [0.1, 0.15) is 6.42 Å². The Morgan fingerprint density at radius 2 is 2.11 bits per heavy atom. The number of rotatable bonds is 4. The molecule has 1 nitrogen and oxygen atoms in total. The van der Waals surface area contributed by atoms with Gasteiger partial charge in [-0.25, -0.2) is 0 Å². The van der Waals surface area contributed by atoms with Gasteiger partial charge >= 0.3 is 0 Å². The van der Waals surface area contributed by atoms with E-state index in [0.29, 0.717) is 0 Å². The molecule has 2 heteroatoms. The van der Waals surface area contributed by atoms with E-state index < -0.39 is 0 Å². The van der Waals surface area contributed by atoms with E-state index in [2.05, 4.69) is 43.3 Å². The van der Waals surface area contributed by atoms with Gasteiger partial charge in [0.1, 0.15) is 4.55 Å². The van der Waals surface area contributed by atoms with Gasteiger partial charge in [0.05, 0.1) is 20.6 Å². The van der Waals surface area contributed by atoms with Crippen LogP contribution in [0, 0.1) is 0 Å². The Hall–Kier alpha value is 0.430. The van der Waals surface area contributed by atoms with Crippen molar-refractivity contribution >= 4 is 22.6 Å². The summed E-state index contributed by atoms with van der Waals surface area (Å²) in [5, 5.41) is 0. The smallest absolute Gasteiger partial charge is 0.129 e. The van der Waals surface area contributed by atoms with E-state index in [4.69, 9.17) is 0 Å². The third kappa shape index (κ3) is 4.90. The molecule has 0 bridgehead atoms. The summed E-state index contributed by atoms with van der Waals surface area (Å²) in [6.45, 7) is 4.89. The van der Waals surface area contributed by atoms with Crippen LogP contribution in [0.15, 0.2) is 12.7 Å². The highest BCUT2D eigenvalue weighted by Crippen LogP contribution is 2.02. The average Bonchev–Trinajstić information content (AvgIpc) is 1.84. The van der Waals surface area contributed by atoms with E-state index in [-0.39, 0.29) is 0 Å². The van der Waals surface area contributed by atoms with Crippen LogP contribution in [0.3, 0.4) is 0 Å². The molecule has 0 fully saturated rings. The minimum atomic E-state index is 1.09. The van der Waals surface area contributed by atoms with Crippen LogP contribution < -0.4 is 0 Å². The molecule has 0 aromatic rings. The lowest BCUT2D eigenvalue weighted by molar-refractivity contribution is -0.873. The van der Waals surface area contributed by atoms with E-state index in [0.717, 1.165) is 10.9 Å². The van der Waals surface area contributed by atoms with Crippen molar-refractivity contribution in [3.8, 4) is 0 Å². The average molecular weight is 240 g/mol. The highest BCUT2D eigenvalue weighted by Gasteiger charge is 2.09. The molecule has 0 saturated heterocycles. The summed E-state index contributed by atoms with van der Waals surface area (Å²) >= 11 is 2.41. The summed E-state index contributed by atoms with van der Waals surface area (Å²) < 4.78 is 2.26. The van der Waals surface area contributed by atoms with E-state index in [9.17, 15) is 0 Å². The standard InChI is InChI=1S/C7H15IN/c1-4-5-6-9(2,3)7-8/h4H,1,5-7H2,2-3H3/q+1. The maximum Gasteiger partial charge on any atom is 0.129 e. The Bertz CT molecular complexity index is 88.9. The normalized spacial score (nSPS) is 11.4. The van der Waals surface area contributed by atoms with Crippen molar-refractivity contribution in [2.24, 2.45) is 0 Å². The molecule has 0 atom stereocenters. The zero-order valence-corrected chi connectivity index (χ0v) is 8.39. The monoisotopic (exact) mass is 240 g/mol. The number of hydrogen-bond acceptors (Lipinski definition) is 0. The van der Waals surface area contributed by atoms with Crippen molar-refractivity contribution in [3.63, 3.8) is 0 Å². The van der Waals surface area contributed by atoms with Gasteiger partial charge in [0.15, 0.2) is 0 Å². The van der Waals surface area contributed by atoms with Gasteiger partial charge in [0.2, 0.25) is 0 Å². The first-order valence-electron chi connectivity index (χ1n) is 3.11. The van der Waals surface area contributed by atoms with E-state index in [1.807, 2.05) is 6.08 Å². The van der Waals surface area contributed by atoms with Crippen LogP contribution in [0.25, 0.3) is 0 Å². The van der Waals surface area contributed by atoms with Crippen molar-refractivity contribution in [2.45, 2.75) is 6.42 Å². The highest BCUT2D eigenvalue weighted by atomic mass is 127. The maximum atomic E-state index is 3.69. The Morgan fingerprint density at radius 1 is 1.56 bits per heavy atom. The Labute approximate surface area is 71.5 Å². The number of halogens is 1. The van der Waals surface area contributed by atoms with E-state index in [1.54, 1.807) is 0 Å². The number of hydrogen-bond donors (Lipinski definition) is 0. The molecule has 0 unspecified atom stereocenters. The van der Waals surface area contributed by atoms with Crippen molar-refractivity contribution < 1.29 is 4.48 Å². The fourth-order valence-corrected chi connectivity index (χ4v) is 0.842. The molecule has 54 valence electrons. The second-order valence-electron chi connectivity index (χ2n) is 2.86.